The van der Waals surface area contributed by atoms with Crippen LogP contribution in [-0.2, 0) is 6.54 Å². The van der Waals surface area contributed by atoms with Crippen molar-refractivity contribution in [2.75, 3.05) is 13.1 Å². The summed E-state index contributed by atoms with van der Waals surface area (Å²) < 4.78 is 11.0. The van der Waals surface area contributed by atoms with Crippen molar-refractivity contribution in [1.82, 2.24) is 20.0 Å². The lowest BCUT2D eigenvalue weighted by Gasteiger charge is -2.30. The van der Waals surface area contributed by atoms with Gasteiger partial charge in [0.2, 0.25) is 11.7 Å². The number of aromatic nitrogens is 3. The lowest BCUT2D eigenvalue weighted by molar-refractivity contribution is 0.169. The molecule has 0 amide bonds. The molecule has 0 aliphatic carbocycles. The lowest BCUT2D eigenvalue weighted by atomic mass is 9.98. The third-order valence-corrected chi connectivity index (χ3v) is 4.19. The first-order chi connectivity index (χ1) is 11.4. The Bertz CT molecular complexity index is 739. The molecule has 4 heterocycles. The standard InChI is InChI=1S/C17H18N4O2/c1-3-14(11-21(9-1)12-15-4-2-10-22-15)17-19-16(20-23-17)13-5-7-18-8-6-13/h2,4-8,10,14H,1,3,9,11-12H2/t14-/m1/s1. The summed E-state index contributed by atoms with van der Waals surface area (Å²) in [5.41, 5.74) is 0.929. The topological polar surface area (TPSA) is 68.2 Å². The summed E-state index contributed by atoms with van der Waals surface area (Å²) >= 11 is 0. The monoisotopic (exact) mass is 310 g/mol. The fourth-order valence-electron chi connectivity index (χ4n) is 3.04. The van der Waals surface area contributed by atoms with Gasteiger partial charge in [-0.2, -0.15) is 4.98 Å². The molecule has 1 fully saturated rings. The molecule has 0 radical (unpaired) electrons. The first-order valence-corrected chi connectivity index (χ1v) is 7.87. The van der Waals surface area contributed by atoms with Gasteiger partial charge in [-0.25, -0.2) is 0 Å². The molecule has 0 saturated carbocycles. The molecular formula is C17H18N4O2. The molecule has 0 unspecified atom stereocenters. The zero-order valence-corrected chi connectivity index (χ0v) is 12.8. The van der Waals surface area contributed by atoms with Gasteiger partial charge in [0.25, 0.3) is 0 Å². The van der Waals surface area contributed by atoms with Crippen LogP contribution < -0.4 is 0 Å². The van der Waals surface area contributed by atoms with Gasteiger partial charge in [0.1, 0.15) is 5.76 Å². The summed E-state index contributed by atoms with van der Waals surface area (Å²) in [4.78, 5) is 11.0. The summed E-state index contributed by atoms with van der Waals surface area (Å²) in [5, 5.41) is 4.11. The van der Waals surface area contributed by atoms with Crippen molar-refractivity contribution >= 4 is 0 Å². The van der Waals surface area contributed by atoms with Gasteiger partial charge in [-0.15, -0.1) is 0 Å². The second-order valence-corrected chi connectivity index (χ2v) is 5.85. The van der Waals surface area contributed by atoms with Crippen LogP contribution in [0.2, 0.25) is 0 Å². The number of piperidine rings is 1. The lowest BCUT2D eigenvalue weighted by Crippen LogP contribution is -2.33. The summed E-state index contributed by atoms with van der Waals surface area (Å²) in [5.74, 6) is 2.63. The van der Waals surface area contributed by atoms with Crippen molar-refractivity contribution in [3.8, 4) is 11.4 Å². The SMILES string of the molecule is c1coc(CN2CCC[C@@H](c3nc(-c4ccncc4)no3)C2)c1. The van der Waals surface area contributed by atoms with Crippen LogP contribution in [0.4, 0.5) is 0 Å². The Kier molecular flexibility index (Phi) is 3.90. The molecule has 1 saturated heterocycles. The molecule has 0 bridgehead atoms. The molecule has 0 aromatic carbocycles. The Hall–Kier alpha value is -2.47. The highest BCUT2D eigenvalue weighted by Gasteiger charge is 2.26. The van der Waals surface area contributed by atoms with E-state index in [0.717, 1.165) is 49.7 Å². The highest BCUT2D eigenvalue weighted by atomic mass is 16.5. The molecule has 4 rings (SSSR count). The minimum atomic E-state index is 0.279. The van der Waals surface area contributed by atoms with Gasteiger partial charge >= 0.3 is 0 Å². The van der Waals surface area contributed by atoms with Crippen molar-refractivity contribution in [3.05, 3.63) is 54.6 Å². The number of pyridine rings is 1. The second-order valence-electron chi connectivity index (χ2n) is 5.85. The molecule has 23 heavy (non-hydrogen) atoms. The van der Waals surface area contributed by atoms with Crippen LogP contribution in [0, 0.1) is 0 Å². The Morgan fingerprint density at radius 3 is 2.96 bits per heavy atom. The summed E-state index contributed by atoms with van der Waals surface area (Å²) in [6.07, 6.45) is 7.38. The van der Waals surface area contributed by atoms with E-state index in [2.05, 4.69) is 20.0 Å². The number of hydrogen-bond donors (Lipinski definition) is 0. The summed E-state index contributed by atoms with van der Waals surface area (Å²) in [6, 6.07) is 7.71. The van der Waals surface area contributed by atoms with Crippen molar-refractivity contribution in [2.45, 2.75) is 25.3 Å². The van der Waals surface area contributed by atoms with Gasteiger partial charge in [-0.1, -0.05) is 5.16 Å². The van der Waals surface area contributed by atoms with Gasteiger partial charge in [-0.3, -0.25) is 9.88 Å². The largest absolute Gasteiger partial charge is 0.468 e. The number of hydrogen-bond acceptors (Lipinski definition) is 6. The third-order valence-electron chi connectivity index (χ3n) is 4.19. The highest BCUT2D eigenvalue weighted by molar-refractivity contribution is 5.52. The van der Waals surface area contributed by atoms with E-state index in [0.29, 0.717) is 5.82 Å². The zero-order valence-electron chi connectivity index (χ0n) is 12.8. The smallest absolute Gasteiger partial charge is 0.231 e. The van der Waals surface area contributed by atoms with Gasteiger partial charge in [0, 0.05) is 24.5 Å². The van der Waals surface area contributed by atoms with E-state index in [4.69, 9.17) is 8.94 Å². The molecule has 1 aliphatic heterocycles. The van der Waals surface area contributed by atoms with Crippen LogP contribution in [0.5, 0.6) is 0 Å². The van der Waals surface area contributed by atoms with Crippen molar-refractivity contribution in [1.29, 1.82) is 0 Å². The maximum absolute atomic E-state index is 5.51. The van der Waals surface area contributed by atoms with Gasteiger partial charge in [0.15, 0.2) is 0 Å². The molecular weight excluding hydrogens is 292 g/mol. The van der Waals surface area contributed by atoms with E-state index in [1.54, 1.807) is 18.7 Å². The van der Waals surface area contributed by atoms with Crippen molar-refractivity contribution in [2.24, 2.45) is 0 Å². The Morgan fingerprint density at radius 2 is 2.13 bits per heavy atom. The molecule has 1 aliphatic rings. The van der Waals surface area contributed by atoms with Crippen LogP contribution in [0.15, 0.2) is 51.9 Å². The van der Waals surface area contributed by atoms with E-state index >= 15 is 0 Å². The quantitative estimate of drug-likeness (QED) is 0.737. The molecule has 1 atom stereocenters. The average Bonchev–Trinajstić information content (AvgIpc) is 3.28. The third kappa shape index (κ3) is 3.17. The van der Waals surface area contributed by atoms with Gasteiger partial charge in [-0.05, 0) is 43.7 Å². The predicted molar refractivity (Wildman–Crippen MR) is 83.5 cm³/mol. The van der Waals surface area contributed by atoms with Gasteiger partial charge < -0.3 is 8.94 Å². The summed E-state index contributed by atoms with van der Waals surface area (Å²) in [6.45, 7) is 2.82. The highest BCUT2D eigenvalue weighted by Crippen LogP contribution is 2.28. The zero-order chi connectivity index (χ0) is 15.5. The van der Waals surface area contributed by atoms with E-state index in [9.17, 15) is 0 Å². The number of rotatable bonds is 4. The second kappa shape index (κ2) is 6.34. The maximum Gasteiger partial charge on any atom is 0.231 e. The van der Waals surface area contributed by atoms with E-state index in [-0.39, 0.29) is 5.92 Å². The van der Waals surface area contributed by atoms with Crippen LogP contribution in [0.3, 0.4) is 0 Å². The van der Waals surface area contributed by atoms with E-state index in [1.165, 1.54) is 0 Å². The number of furan rings is 1. The fraction of sp³-hybridized carbons (Fsp3) is 0.353. The van der Waals surface area contributed by atoms with Crippen LogP contribution >= 0.6 is 0 Å². The Balaban J connectivity index is 1.46. The first-order valence-electron chi connectivity index (χ1n) is 7.87. The fourth-order valence-corrected chi connectivity index (χ4v) is 3.04. The van der Waals surface area contributed by atoms with E-state index in [1.807, 2.05) is 24.3 Å². The minimum Gasteiger partial charge on any atom is -0.468 e. The predicted octanol–water partition coefficient (Wildman–Crippen LogP) is 3.10. The van der Waals surface area contributed by atoms with Crippen LogP contribution in [-0.4, -0.2) is 33.1 Å². The van der Waals surface area contributed by atoms with Crippen molar-refractivity contribution < 1.29 is 8.94 Å². The number of nitrogens with zero attached hydrogens (tertiary/aromatic N) is 4. The van der Waals surface area contributed by atoms with E-state index < -0.39 is 0 Å². The Labute approximate surface area is 134 Å². The molecule has 3 aromatic rings. The maximum atomic E-state index is 5.51. The Morgan fingerprint density at radius 1 is 1.22 bits per heavy atom. The number of likely N-dealkylation sites (tertiary alicyclic amines) is 1. The molecule has 118 valence electrons. The van der Waals surface area contributed by atoms with Gasteiger partial charge in [0.05, 0.1) is 18.7 Å². The molecule has 0 N–H and O–H groups in total. The molecule has 6 nitrogen and oxygen atoms in total. The summed E-state index contributed by atoms with van der Waals surface area (Å²) in [7, 11) is 0. The average molecular weight is 310 g/mol. The normalized spacial score (nSPS) is 19.0. The first kappa shape index (κ1) is 14.1. The van der Waals surface area contributed by atoms with Crippen molar-refractivity contribution in [3.63, 3.8) is 0 Å². The molecule has 3 aromatic heterocycles. The van der Waals surface area contributed by atoms with Crippen LogP contribution in [0.1, 0.15) is 30.4 Å². The molecule has 0 spiro atoms. The minimum absolute atomic E-state index is 0.279. The molecule has 6 heteroatoms. The van der Waals surface area contributed by atoms with Crippen LogP contribution in [0.25, 0.3) is 11.4 Å².